The van der Waals surface area contributed by atoms with Gasteiger partial charge in [-0.2, -0.15) is 0 Å². The summed E-state index contributed by atoms with van der Waals surface area (Å²) >= 11 is 6.46. The summed E-state index contributed by atoms with van der Waals surface area (Å²) in [6.45, 7) is 6.59. The fourth-order valence-electron chi connectivity index (χ4n) is 2.18. The molecule has 16 heavy (non-hydrogen) atoms. The lowest BCUT2D eigenvalue weighted by atomic mass is 9.81. The van der Waals surface area contributed by atoms with Crippen LogP contribution in [-0.2, 0) is 11.8 Å². The van der Waals surface area contributed by atoms with Gasteiger partial charge in [0.05, 0.1) is 10.7 Å². The highest BCUT2D eigenvalue weighted by Crippen LogP contribution is 2.35. The normalized spacial score (nSPS) is 17.2. The van der Waals surface area contributed by atoms with E-state index in [1.807, 2.05) is 12.3 Å². The largest absolute Gasteiger partial charge is 0.260 e. The van der Waals surface area contributed by atoms with Crippen LogP contribution in [0.2, 0.25) is 5.02 Å². The molecular formula is C14H20ClN. The smallest absolute Gasteiger partial charge is 0.0658 e. The van der Waals surface area contributed by atoms with Crippen LogP contribution in [-0.4, -0.2) is 4.98 Å². The molecule has 0 aliphatic heterocycles. The molecular weight excluding hydrogens is 218 g/mol. The first-order valence-corrected chi connectivity index (χ1v) is 6.50. The number of halogens is 1. The third kappa shape index (κ3) is 2.40. The predicted molar refractivity (Wildman–Crippen MR) is 69.0 cm³/mol. The topological polar surface area (TPSA) is 12.9 Å². The third-order valence-electron chi connectivity index (χ3n) is 3.48. The monoisotopic (exact) mass is 237 g/mol. The Morgan fingerprint density at radius 1 is 1.38 bits per heavy atom. The summed E-state index contributed by atoms with van der Waals surface area (Å²) in [7, 11) is 0. The molecule has 1 saturated carbocycles. The zero-order valence-electron chi connectivity index (χ0n) is 10.4. The summed E-state index contributed by atoms with van der Waals surface area (Å²) < 4.78 is 0. The van der Waals surface area contributed by atoms with E-state index in [4.69, 9.17) is 11.6 Å². The first-order valence-electron chi connectivity index (χ1n) is 6.12. The van der Waals surface area contributed by atoms with Crippen LogP contribution in [0.5, 0.6) is 0 Å². The van der Waals surface area contributed by atoms with Crippen molar-refractivity contribution in [3.05, 3.63) is 28.5 Å². The molecule has 0 N–H and O–H groups in total. The summed E-state index contributed by atoms with van der Waals surface area (Å²) in [5.41, 5.74) is 2.42. The van der Waals surface area contributed by atoms with Crippen molar-refractivity contribution in [1.29, 1.82) is 0 Å². The fraction of sp³-hybridized carbons (Fsp3) is 0.643. The van der Waals surface area contributed by atoms with Crippen LogP contribution >= 0.6 is 11.6 Å². The standard InChI is InChI=1S/C14H20ClN/c1-14(2,3)11-7-8-16-12(13(11)15)9-10-5-4-6-10/h7-8,10H,4-6,9H2,1-3H3. The Bertz CT molecular complexity index is 375. The average molecular weight is 238 g/mol. The van der Waals surface area contributed by atoms with Gasteiger partial charge in [0.1, 0.15) is 0 Å². The van der Waals surface area contributed by atoms with E-state index in [2.05, 4.69) is 25.8 Å². The molecule has 0 amide bonds. The maximum absolute atomic E-state index is 6.46. The van der Waals surface area contributed by atoms with Crippen molar-refractivity contribution in [3.63, 3.8) is 0 Å². The molecule has 88 valence electrons. The molecule has 1 fully saturated rings. The Morgan fingerprint density at radius 2 is 2.06 bits per heavy atom. The number of nitrogens with zero attached hydrogens (tertiary/aromatic N) is 1. The molecule has 0 saturated heterocycles. The van der Waals surface area contributed by atoms with E-state index in [9.17, 15) is 0 Å². The molecule has 1 aliphatic rings. The summed E-state index contributed by atoms with van der Waals surface area (Å²) in [6, 6.07) is 2.05. The molecule has 1 nitrogen and oxygen atoms in total. The van der Waals surface area contributed by atoms with Crippen LogP contribution in [0.4, 0.5) is 0 Å². The minimum atomic E-state index is 0.106. The fourth-order valence-corrected chi connectivity index (χ4v) is 2.65. The quantitative estimate of drug-likeness (QED) is 0.744. The molecule has 2 heteroatoms. The van der Waals surface area contributed by atoms with Crippen molar-refractivity contribution in [1.82, 2.24) is 4.98 Å². The number of rotatable bonds is 2. The molecule has 1 heterocycles. The van der Waals surface area contributed by atoms with E-state index in [0.717, 1.165) is 23.1 Å². The van der Waals surface area contributed by atoms with Gasteiger partial charge in [-0.15, -0.1) is 0 Å². The van der Waals surface area contributed by atoms with E-state index in [1.54, 1.807) is 0 Å². The zero-order chi connectivity index (χ0) is 11.8. The Morgan fingerprint density at radius 3 is 2.56 bits per heavy atom. The minimum absolute atomic E-state index is 0.106. The molecule has 0 spiro atoms. The summed E-state index contributed by atoms with van der Waals surface area (Å²) in [5.74, 6) is 0.820. The second-order valence-corrected chi connectivity index (χ2v) is 6.25. The molecule has 2 rings (SSSR count). The highest BCUT2D eigenvalue weighted by molar-refractivity contribution is 6.32. The predicted octanol–water partition coefficient (Wildman–Crippen LogP) is 4.38. The number of pyridine rings is 1. The third-order valence-corrected chi connectivity index (χ3v) is 3.90. The summed E-state index contributed by atoms with van der Waals surface area (Å²) in [4.78, 5) is 4.44. The van der Waals surface area contributed by atoms with Gasteiger partial charge in [0, 0.05) is 6.20 Å². The van der Waals surface area contributed by atoms with Crippen LogP contribution in [0.3, 0.4) is 0 Å². The second-order valence-electron chi connectivity index (χ2n) is 5.87. The van der Waals surface area contributed by atoms with E-state index in [-0.39, 0.29) is 5.41 Å². The molecule has 0 atom stereocenters. The van der Waals surface area contributed by atoms with Crippen LogP contribution in [0.15, 0.2) is 12.3 Å². The van der Waals surface area contributed by atoms with Crippen molar-refractivity contribution >= 4 is 11.6 Å². The van der Waals surface area contributed by atoms with Gasteiger partial charge in [-0.25, -0.2) is 0 Å². The first-order chi connectivity index (χ1) is 7.48. The van der Waals surface area contributed by atoms with Gasteiger partial charge in [0.2, 0.25) is 0 Å². The Labute approximate surface area is 103 Å². The van der Waals surface area contributed by atoms with Crippen molar-refractivity contribution in [3.8, 4) is 0 Å². The lowest BCUT2D eigenvalue weighted by Crippen LogP contribution is -2.17. The molecule has 0 aromatic carbocycles. The van der Waals surface area contributed by atoms with E-state index >= 15 is 0 Å². The van der Waals surface area contributed by atoms with Crippen LogP contribution < -0.4 is 0 Å². The lowest BCUT2D eigenvalue weighted by Gasteiger charge is -2.27. The van der Waals surface area contributed by atoms with Gasteiger partial charge < -0.3 is 0 Å². The van der Waals surface area contributed by atoms with Crippen molar-refractivity contribution in [2.75, 3.05) is 0 Å². The minimum Gasteiger partial charge on any atom is -0.260 e. The van der Waals surface area contributed by atoms with E-state index in [0.29, 0.717) is 0 Å². The Hall–Kier alpha value is -0.560. The van der Waals surface area contributed by atoms with E-state index < -0.39 is 0 Å². The van der Waals surface area contributed by atoms with Gasteiger partial charge in [-0.05, 0) is 29.4 Å². The Kier molecular flexibility index (Phi) is 3.25. The Balaban J connectivity index is 2.25. The van der Waals surface area contributed by atoms with E-state index in [1.165, 1.54) is 24.8 Å². The molecule has 1 aromatic rings. The number of hydrogen-bond acceptors (Lipinski definition) is 1. The van der Waals surface area contributed by atoms with Crippen molar-refractivity contribution < 1.29 is 0 Å². The number of hydrogen-bond donors (Lipinski definition) is 0. The van der Waals surface area contributed by atoms with Crippen molar-refractivity contribution in [2.24, 2.45) is 5.92 Å². The van der Waals surface area contributed by atoms with Gasteiger partial charge in [0.25, 0.3) is 0 Å². The SMILES string of the molecule is CC(C)(C)c1ccnc(CC2CCC2)c1Cl. The van der Waals surface area contributed by atoms with Crippen LogP contribution in [0.1, 0.15) is 51.3 Å². The molecule has 1 aliphatic carbocycles. The van der Waals surface area contributed by atoms with Crippen LogP contribution in [0.25, 0.3) is 0 Å². The molecule has 0 bridgehead atoms. The van der Waals surface area contributed by atoms with Gasteiger partial charge in [-0.1, -0.05) is 51.6 Å². The van der Waals surface area contributed by atoms with Crippen LogP contribution in [0, 0.1) is 5.92 Å². The molecule has 1 aromatic heterocycles. The zero-order valence-corrected chi connectivity index (χ0v) is 11.1. The second kappa shape index (κ2) is 4.37. The molecule has 0 unspecified atom stereocenters. The highest BCUT2D eigenvalue weighted by Gasteiger charge is 2.23. The highest BCUT2D eigenvalue weighted by atomic mass is 35.5. The number of aromatic nitrogens is 1. The van der Waals surface area contributed by atoms with Gasteiger partial charge >= 0.3 is 0 Å². The maximum atomic E-state index is 6.46. The molecule has 0 radical (unpaired) electrons. The first kappa shape index (κ1) is 11.9. The summed E-state index contributed by atoms with van der Waals surface area (Å²) in [6.07, 6.45) is 7.03. The summed E-state index contributed by atoms with van der Waals surface area (Å²) in [5, 5.41) is 0.891. The van der Waals surface area contributed by atoms with Crippen molar-refractivity contribution in [2.45, 2.75) is 51.9 Å². The van der Waals surface area contributed by atoms with Gasteiger partial charge in [0.15, 0.2) is 0 Å². The van der Waals surface area contributed by atoms with Gasteiger partial charge in [-0.3, -0.25) is 4.98 Å². The average Bonchev–Trinajstić information content (AvgIpc) is 2.11. The maximum Gasteiger partial charge on any atom is 0.0658 e. The lowest BCUT2D eigenvalue weighted by molar-refractivity contribution is 0.312.